The highest BCUT2D eigenvalue weighted by Crippen LogP contribution is 2.10. The number of methoxy groups -OCH3 is 1. The summed E-state index contributed by atoms with van der Waals surface area (Å²) >= 11 is 1.24. The number of rotatable bonds is 5. The van der Waals surface area contributed by atoms with Crippen LogP contribution in [0.4, 0.5) is 0 Å². The number of carbonyl (C=O) groups is 2. The van der Waals surface area contributed by atoms with Gasteiger partial charge in [0.05, 0.1) is 16.8 Å². The van der Waals surface area contributed by atoms with Crippen LogP contribution in [0.25, 0.3) is 0 Å². The summed E-state index contributed by atoms with van der Waals surface area (Å²) in [6, 6.07) is 0. The first-order valence-electron chi connectivity index (χ1n) is 4.12. The lowest BCUT2D eigenvalue weighted by molar-refractivity contribution is -0.126. The Hall–Kier alpha value is -1.07. The smallest absolute Gasteiger partial charge is 0.181 e. The van der Waals surface area contributed by atoms with Crippen molar-refractivity contribution in [3.8, 4) is 0 Å². The summed E-state index contributed by atoms with van der Waals surface area (Å²) in [5, 5.41) is 0. The maximum atomic E-state index is 11.4. The molecular weight excluding hydrogens is 202 g/mol. The lowest BCUT2D eigenvalue weighted by atomic mass is 10.1. The van der Waals surface area contributed by atoms with Crippen molar-refractivity contribution in [2.45, 2.75) is 19.4 Å². The molecular formula is C9H11NO3S. The molecule has 0 radical (unpaired) electrons. The Bertz CT molecular complexity index is 321. The fourth-order valence-electron chi connectivity index (χ4n) is 0.874. The third-order valence-corrected chi connectivity index (χ3v) is 2.66. The largest absolute Gasteiger partial charge is 0.374 e. The molecule has 14 heavy (non-hydrogen) atoms. The van der Waals surface area contributed by atoms with Gasteiger partial charge in [-0.3, -0.25) is 14.6 Å². The molecule has 1 rings (SSSR count). The van der Waals surface area contributed by atoms with E-state index in [4.69, 9.17) is 4.74 Å². The predicted molar refractivity (Wildman–Crippen MR) is 52.5 cm³/mol. The van der Waals surface area contributed by atoms with Crippen molar-refractivity contribution in [2.24, 2.45) is 0 Å². The zero-order valence-corrected chi connectivity index (χ0v) is 8.84. The minimum atomic E-state index is -0.521. The number of nitrogens with zero attached hydrogens (tertiary/aromatic N) is 1. The van der Waals surface area contributed by atoms with Gasteiger partial charge in [0.1, 0.15) is 6.10 Å². The van der Waals surface area contributed by atoms with Crippen molar-refractivity contribution in [3.05, 3.63) is 16.6 Å². The average molecular weight is 213 g/mol. The molecule has 0 saturated heterocycles. The van der Waals surface area contributed by atoms with Gasteiger partial charge in [0.25, 0.3) is 0 Å². The summed E-state index contributed by atoms with van der Waals surface area (Å²) < 4.78 is 4.82. The first kappa shape index (κ1) is 11.0. The van der Waals surface area contributed by atoms with Crippen LogP contribution >= 0.6 is 11.3 Å². The zero-order chi connectivity index (χ0) is 10.6. The van der Waals surface area contributed by atoms with E-state index in [0.29, 0.717) is 4.88 Å². The van der Waals surface area contributed by atoms with Gasteiger partial charge in [-0.2, -0.15) is 0 Å². The topological polar surface area (TPSA) is 56.3 Å². The minimum Gasteiger partial charge on any atom is -0.374 e. The van der Waals surface area contributed by atoms with E-state index in [0.717, 1.165) is 0 Å². The minimum absolute atomic E-state index is 0.114. The molecule has 1 unspecified atom stereocenters. The Morgan fingerprint density at radius 2 is 2.36 bits per heavy atom. The quantitative estimate of drug-likeness (QED) is 0.546. The third-order valence-electron chi connectivity index (χ3n) is 1.85. The fraction of sp³-hybridized carbons (Fsp3) is 0.444. The summed E-state index contributed by atoms with van der Waals surface area (Å²) in [5.74, 6) is -0.396. The van der Waals surface area contributed by atoms with Crippen molar-refractivity contribution in [1.82, 2.24) is 4.98 Å². The number of hydrogen-bond donors (Lipinski definition) is 0. The van der Waals surface area contributed by atoms with E-state index in [9.17, 15) is 9.59 Å². The van der Waals surface area contributed by atoms with Gasteiger partial charge >= 0.3 is 0 Å². The van der Waals surface area contributed by atoms with Crippen LogP contribution in [-0.2, 0) is 9.53 Å². The van der Waals surface area contributed by atoms with Gasteiger partial charge in [-0.15, -0.1) is 11.3 Å². The Morgan fingerprint density at radius 3 is 2.86 bits per heavy atom. The molecule has 0 saturated carbocycles. The fourth-order valence-corrected chi connectivity index (χ4v) is 1.43. The van der Waals surface area contributed by atoms with Crippen LogP contribution in [-0.4, -0.2) is 29.8 Å². The molecule has 0 aromatic carbocycles. The van der Waals surface area contributed by atoms with Crippen molar-refractivity contribution in [1.29, 1.82) is 0 Å². The van der Waals surface area contributed by atoms with Gasteiger partial charge in [-0.25, -0.2) is 0 Å². The summed E-state index contributed by atoms with van der Waals surface area (Å²) in [7, 11) is 1.44. The summed E-state index contributed by atoms with van der Waals surface area (Å²) in [4.78, 5) is 27.0. The molecule has 0 aliphatic carbocycles. The highest BCUT2D eigenvalue weighted by molar-refractivity contribution is 7.11. The molecule has 0 aliphatic rings. The van der Waals surface area contributed by atoms with E-state index < -0.39 is 6.10 Å². The Morgan fingerprint density at radius 1 is 1.64 bits per heavy atom. The maximum absolute atomic E-state index is 11.4. The van der Waals surface area contributed by atoms with E-state index in [2.05, 4.69) is 4.98 Å². The van der Waals surface area contributed by atoms with Crippen LogP contribution in [0.3, 0.4) is 0 Å². The van der Waals surface area contributed by atoms with Gasteiger partial charge in [0.2, 0.25) is 0 Å². The highest BCUT2D eigenvalue weighted by Gasteiger charge is 2.17. The Balaban J connectivity index is 2.54. The van der Waals surface area contributed by atoms with Crippen molar-refractivity contribution in [2.75, 3.05) is 7.11 Å². The first-order valence-corrected chi connectivity index (χ1v) is 5.00. The highest BCUT2D eigenvalue weighted by atomic mass is 32.1. The second kappa shape index (κ2) is 4.97. The van der Waals surface area contributed by atoms with Crippen LogP contribution in [0.5, 0.6) is 0 Å². The van der Waals surface area contributed by atoms with E-state index >= 15 is 0 Å². The third kappa shape index (κ3) is 2.71. The molecule has 0 spiro atoms. The molecule has 0 aliphatic heterocycles. The van der Waals surface area contributed by atoms with Crippen LogP contribution < -0.4 is 0 Å². The number of thiazole rings is 1. The molecule has 1 atom stereocenters. The number of aromatic nitrogens is 1. The molecule has 4 nitrogen and oxygen atoms in total. The lowest BCUT2D eigenvalue weighted by Gasteiger charge is -2.05. The predicted octanol–water partition coefficient (Wildman–Crippen LogP) is 1.32. The van der Waals surface area contributed by atoms with Crippen LogP contribution in [0.2, 0.25) is 0 Å². The number of ether oxygens (including phenoxy) is 1. The number of ketones is 2. The number of hydrogen-bond acceptors (Lipinski definition) is 5. The standard InChI is InChI=1S/C9H11NO3S/c1-6(13-2)7(11)3-8(12)9-4-10-5-14-9/h4-6H,3H2,1-2H3. The van der Waals surface area contributed by atoms with Crippen LogP contribution in [0, 0.1) is 0 Å². The Kier molecular flexibility index (Phi) is 3.91. The molecule has 1 aromatic heterocycles. The normalized spacial score (nSPS) is 12.4. The molecule has 1 heterocycles. The SMILES string of the molecule is COC(C)C(=O)CC(=O)c1cncs1. The van der Waals surface area contributed by atoms with Crippen LogP contribution in [0.15, 0.2) is 11.7 Å². The number of carbonyl (C=O) groups excluding carboxylic acids is 2. The maximum Gasteiger partial charge on any atom is 0.181 e. The summed E-state index contributed by atoms with van der Waals surface area (Å²) in [5.41, 5.74) is 1.57. The van der Waals surface area contributed by atoms with E-state index in [-0.39, 0.29) is 18.0 Å². The van der Waals surface area contributed by atoms with Gasteiger partial charge < -0.3 is 4.74 Å². The molecule has 5 heteroatoms. The molecule has 1 aromatic rings. The van der Waals surface area contributed by atoms with Gasteiger partial charge in [0.15, 0.2) is 11.6 Å². The molecule has 0 N–H and O–H groups in total. The van der Waals surface area contributed by atoms with Crippen molar-refractivity contribution in [3.63, 3.8) is 0 Å². The van der Waals surface area contributed by atoms with E-state index in [1.165, 1.54) is 24.6 Å². The van der Waals surface area contributed by atoms with Crippen molar-refractivity contribution < 1.29 is 14.3 Å². The number of Topliss-reactive ketones (excluding diaryl/α,β-unsaturated/α-hetero) is 2. The monoisotopic (exact) mass is 213 g/mol. The van der Waals surface area contributed by atoms with Gasteiger partial charge in [0, 0.05) is 13.3 Å². The zero-order valence-electron chi connectivity index (χ0n) is 8.02. The molecule has 0 bridgehead atoms. The summed E-state index contributed by atoms with van der Waals surface area (Å²) in [6.07, 6.45) is 0.835. The molecule has 0 fully saturated rings. The molecule has 0 amide bonds. The first-order chi connectivity index (χ1) is 6.65. The van der Waals surface area contributed by atoms with E-state index in [1.54, 1.807) is 12.4 Å². The second-order valence-corrected chi connectivity index (χ2v) is 3.70. The van der Waals surface area contributed by atoms with Gasteiger partial charge in [-0.05, 0) is 6.92 Å². The van der Waals surface area contributed by atoms with Gasteiger partial charge in [-0.1, -0.05) is 0 Å². The van der Waals surface area contributed by atoms with E-state index in [1.807, 2.05) is 0 Å². The molecule has 76 valence electrons. The second-order valence-electron chi connectivity index (χ2n) is 2.81. The van der Waals surface area contributed by atoms with Crippen LogP contribution in [0.1, 0.15) is 23.0 Å². The summed E-state index contributed by atoms with van der Waals surface area (Å²) in [6.45, 7) is 1.63. The average Bonchev–Trinajstić information content (AvgIpc) is 2.69. The van der Waals surface area contributed by atoms with Crippen molar-refractivity contribution >= 4 is 22.9 Å². The Labute approximate surface area is 85.9 Å². The lowest BCUT2D eigenvalue weighted by Crippen LogP contribution is -2.21.